The van der Waals surface area contributed by atoms with Crippen LogP contribution in [0, 0.1) is 0 Å². The Bertz CT molecular complexity index is 654. The van der Waals surface area contributed by atoms with E-state index in [9.17, 15) is 13.5 Å². The zero-order valence-corrected chi connectivity index (χ0v) is 11.8. The van der Waals surface area contributed by atoms with Gasteiger partial charge in [-0.15, -0.1) is 0 Å². The SMILES string of the molecule is O=S(=O)(NCCCc1ccccc1)c1ccccc1O. The Kier molecular flexibility index (Phi) is 4.76. The van der Waals surface area contributed by atoms with Crippen LogP contribution in [0.25, 0.3) is 0 Å². The molecule has 2 aromatic rings. The minimum absolute atomic E-state index is 0.0836. The van der Waals surface area contributed by atoms with Crippen LogP contribution in [0.3, 0.4) is 0 Å². The first kappa shape index (κ1) is 14.6. The Morgan fingerprint density at radius 2 is 1.60 bits per heavy atom. The minimum Gasteiger partial charge on any atom is -0.507 e. The second-order valence-electron chi connectivity index (χ2n) is 4.45. The van der Waals surface area contributed by atoms with E-state index in [0.29, 0.717) is 13.0 Å². The van der Waals surface area contributed by atoms with Crippen molar-refractivity contribution in [2.45, 2.75) is 17.7 Å². The standard InChI is InChI=1S/C15H17NO3S/c17-14-10-4-5-11-15(14)20(18,19)16-12-6-9-13-7-2-1-3-8-13/h1-5,7-8,10-11,16-17H,6,9,12H2. The lowest BCUT2D eigenvalue weighted by molar-refractivity contribution is 0.458. The summed E-state index contributed by atoms with van der Waals surface area (Å²) in [4.78, 5) is -0.0836. The van der Waals surface area contributed by atoms with Gasteiger partial charge in [0.25, 0.3) is 0 Å². The number of nitrogens with one attached hydrogen (secondary N) is 1. The number of benzene rings is 2. The van der Waals surface area contributed by atoms with Crippen LogP contribution in [0.5, 0.6) is 5.75 Å². The molecule has 0 fully saturated rings. The summed E-state index contributed by atoms with van der Waals surface area (Å²) in [5.41, 5.74) is 1.18. The molecule has 4 nitrogen and oxygen atoms in total. The fourth-order valence-electron chi connectivity index (χ4n) is 1.91. The van der Waals surface area contributed by atoms with Gasteiger partial charge < -0.3 is 5.11 Å². The molecule has 0 bridgehead atoms. The maximum absolute atomic E-state index is 12.0. The Labute approximate surface area is 119 Å². The summed E-state index contributed by atoms with van der Waals surface area (Å²) in [6.07, 6.45) is 1.51. The van der Waals surface area contributed by atoms with E-state index in [-0.39, 0.29) is 10.6 Å². The summed E-state index contributed by atoms with van der Waals surface area (Å²) in [5.74, 6) is -0.233. The van der Waals surface area contributed by atoms with Gasteiger partial charge in [0.1, 0.15) is 10.6 Å². The second-order valence-corrected chi connectivity index (χ2v) is 6.19. The van der Waals surface area contributed by atoms with Crippen LogP contribution in [-0.2, 0) is 16.4 Å². The van der Waals surface area contributed by atoms with Crippen molar-refractivity contribution in [2.24, 2.45) is 0 Å². The molecule has 0 aromatic heterocycles. The highest BCUT2D eigenvalue weighted by atomic mass is 32.2. The van der Waals surface area contributed by atoms with Crippen molar-refractivity contribution in [3.63, 3.8) is 0 Å². The summed E-state index contributed by atoms with van der Waals surface area (Å²) in [7, 11) is -3.65. The first-order valence-electron chi connectivity index (χ1n) is 6.41. The summed E-state index contributed by atoms with van der Waals surface area (Å²) in [6.45, 7) is 0.339. The van der Waals surface area contributed by atoms with Gasteiger partial charge in [0.2, 0.25) is 10.0 Å². The quantitative estimate of drug-likeness (QED) is 0.803. The van der Waals surface area contributed by atoms with E-state index in [1.54, 1.807) is 12.1 Å². The molecule has 2 N–H and O–H groups in total. The van der Waals surface area contributed by atoms with E-state index in [4.69, 9.17) is 0 Å². The molecule has 0 saturated carbocycles. The lowest BCUT2D eigenvalue weighted by Gasteiger charge is -2.08. The van der Waals surface area contributed by atoms with Crippen molar-refractivity contribution >= 4 is 10.0 Å². The molecule has 0 spiro atoms. The van der Waals surface area contributed by atoms with Gasteiger partial charge in [-0.25, -0.2) is 13.1 Å². The van der Waals surface area contributed by atoms with Crippen LogP contribution >= 0.6 is 0 Å². The van der Waals surface area contributed by atoms with Gasteiger partial charge in [-0.2, -0.15) is 0 Å². The number of rotatable bonds is 6. The van der Waals surface area contributed by atoms with E-state index in [1.165, 1.54) is 17.7 Å². The number of hydrogen-bond donors (Lipinski definition) is 2. The fourth-order valence-corrected chi connectivity index (χ4v) is 3.08. The molecule has 106 valence electrons. The third-order valence-corrected chi connectivity index (χ3v) is 4.44. The summed E-state index contributed by atoms with van der Waals surface area (Å²) < 4.78 is 26.5. The number of sulfonamides is 1. The number of aryl methyl sites for hydroxylation is 1. The highest BCUT2D eigenvalue weighted by Gasteiger charge is 2.16. The topological polar surface area (TPSA) is 66.4 Å². The Hall–Kier alpha value is -1.85. The monoisotopic (exact) mass is 291 g/mol. The highest BCUT2D eigenvalue weighted by Crippen LogP contribution is 2.20. The summed E-state index contributed by atoms with van der Waals surface area (Å²) >= 11 is 0. The third-order valence-electron chi connectivity index (χ3n) is 2.93. The number of phenols is 1. The fraction of sp³-hybridized carbons (Fsp3) is 0.200. The van der Waals surface area contributed by atoms with Crippen LogP contribution in [0.15, 0.2) is 59.5 Å². The maximum Gasteiger partial charge on any atom is 0.244 e. The number of hydrogen-bond acceptors (Lipinski definition) is 3. The molecular weight excluding hydrogens is 274 g/mol. The Morgan fingerprint density at radius 3 is 2.30 bits per heavy atom. The zero-order valence-electron chi connectivity index (χ0n) is 11.0. The lowest BCUT2D eigenvalue weighted by Crippen LogP contribution is -2.25. The van der Waals surface area contributed by atoms with Crippen molar-refractivity contribution < 1.29 is 13.5 Å². The highest BCUT2D eigenvalue weighted by molar-refractivity contribution is 7.89. The van der Waals surface area contributed by atoms with Gasteiger partial charge in [-0.05, 0) is 30.5 Å². The summed E-state index contributed by atoms with van der Waals surface area (Å²) in [5, 5.41) is 9.56. The van der Waals surface area contributed by atoms with Gasteiger partial charge in [-0.3, -0.25) is 0 Å². The van der Waals surface area contributed by atoms with E-state index < -0.39 is 10.0 Å². The molecule has 2 aromatic carbocycles. The first-order valence-corrected chi connectivity index (χ1v) is 7.89. The average molecular weight is 291 g/mol. The number of para-hydroxylation sites is 1. The van der Waals surface area contributed by atoms with E-state index >= 15 is 0 Å². The molecule has 0 amide bonds. The van der Waals surface area contributed by atoms with Crippen molar-refractivity contribution in [3.05, 3.63) is 60.2 Å². The Morgan fingerprint density at radius 1 is 0.950 bits per heavy atom. The van der Waals surface area contributed by atoms with Gasteiger partial charge in [0.15, 0.2) is 0 Å². The van der Waals surface area contributed by atoms with E-state index in [0.717, 1.165) is 6.42 Å². The number of aromatic hydroxyl groups is 1. The van der Waals surface area contributed by atoms with Crippen LogP contribution in [0.1, 0.15) is 12.0 Å². The molecule has 20 heavy (non-hydrogen) atoms. The normalized spacial score (nSPS) is 11.4. The molecule has 0 atom stereocenters. The van der Waals surface area contributed by atoms with Crippen LogP contribution in [0.4, 0.5) is 0 Å². The average Bonchev–Trinajstić information content (AvgIpc) is 2.45. The van der Waals surface area contributed by atoms with Gasteiger partial charge in [-0.1, -0.05) is 42.5 Å². The summed E-state index contributed by atoms with van der Waals surface area (Å²) in [6, 6.07) is 15.8. The van der Waals surface area contributed by atoms with Gasteiger partial charge in [0, 0.05) is 6.54 Å². The molecule has 0 saturated heterocycles. The molecule has 0 aliphatic heterocycles. The molecule has 0 heterocycles. The number of phenolic OH excluding ortho intramolecular Hbond substituents is 1. The molecule has 0 radical (unpaired) electrons. The van der Waals surface area contributed by atoms with Crippen LogP contribution < -0.4 is 4.72 Å². The Balaban J connectivity index is 1.89. The zero-order chi connectivity index (χ0) is 14.4. The van der Waals surface area contributed by atoms with E-state index in [2.05, 4.69) is 4.72 Å². The van der Waals surface area contributed by atoms with Crippen molar-refractivity contribution in [2.75, 3.05) is 6.54 Å². The predicted octanol–water partition coefficient (Wildman–Crippen LogP) is 2.30. The minimum atomic E-state index is -3.65. The van der Waals surface area contributed by atoms with Gasteiger partial charge >= 0.3 is 0 Å². The molecule has 0 aliphatic rings. The van der Waals surface area contributed by atoms with Crippen molar-refractivity contribution in [3.8, 4) is 5.75 Å². The second kappa shape index (κ2) is 6.54. The molecule has 2 rings (SSSR count). The largest absolute Gasteiger partial charge is 0.507 e. The maximum atomic E-state index is 12.0. The van der Waals surface area contributed by atoms with Crippen LogP contribution in [-0.4, -0.2) is 20.1 Å². The molecular formula is C15H17NO3S. The molecule has 0 unspecified atom stereocenters. The lowest BCUT2D eigenvalue weighted by atomic mass is 10.1. The van der Waals surface area contributed by atoms with Gasteiger partial charge in [0.05, 0.1) is 0 Å². The molecule has 0 aliphatic carbocycles. The van der Waals surface area contributed by atoms with Crippen LogP contribution in [0.2, 0.25) is 0 Å². The molecule has 5 heteroatoms. The van der Waals surface area contributed by atoms with E-state index in [1.807, 2.05) is 30.3 Å². The third kappa shape index (κ3) is 3.82. The smallest absolute Gasteiger partial charge is 0.244 e. The van der Waals surface area contributed by atoms with Crippen molar-refractivity contribution in [1.82, 2.24) is 4.72 Å². The predicted molar refractivity (Wildman–Crippen MR) is 78.1 cm³/mol. The van der Waals surface area contributed by atoms with Crippen molar-refractivity contribution in [1.29, 1.82) is 0 Å². The first-order chi connectivity index (χ1) is 9.59.